The van der Waals surface area contributed by atoms with Crippen LogP contribution in [0, 0.1) is 20.8 Å². The van der Waals surface area contributed by atoms with Crippen molar-refractivity contribution in [2.45, 2.75) is 33.2 Å². The molecule has 150 valence electrons. The van der Waals surface area contributed by atoms with Crippen LogP contribution >= 0.6 is 0 Å². The van der Waals surface area contributed by atoms with E-state index in [1.165, 1.54) is 0 Å². The van der Waals surface area contributed by atoms with Crippen molar-refractivity contribution >= 4 is 22.4 Å². The Morgan fingerprint density at radius 2 is 1.83 bits per heavy atom. The van der Waals surface area contributed by atoms with Gasteiger partial charge in [-0.25, -0.2) is 4.79 Å². The van der Waals surface area contributed by atoms with E-state index in [2.05, 4.69) is 39.7 Å². The van der Waals surface area contributed by atoms with Gasteiger partial charge in [-0.05, 0) is 55.7 Å². The first-order valence-corrected chi connectivity index (χ1v) is 9.64. The van der Waals surface area contributed by atoms with Crippen LogP contribution in [-0.4, -0.2) is 24.9 Å². The Morgan fingerprint density at radius 1 is 1.14 bits per heavy atom. The van der Waals surface area contributed by atoms with Gasteiger partial charge in [-0.3, -0.25) is 0 Å². The molecule has 1 aliphatic rings. The zero-order valence-corrected chi connectivity index (χ0v) is 17.3. The number of phenols is 1. The molecule has 4 rings (SSSR count). The van der Waals surface area contributed by atoms with E-state index in [1.807, 2.05) is 27.9 Å². The fourth-order valence-electron chi connectivity index (χ4n) is 3.89. The number of fused-ring (bicyclic) bond motifs is 1. The van der Waals surface area contributed by atoms with Crippen LogP contribution in [0.4, 0.5) is 5.69 Å². The van der Waals surface area contributed by atoms with Gasteiger partial charge >= 0.3 is 5.63 Å². The summed E-state index contributed by atoms with van der Waals surface area (Å²) in [5.41, 5.74) is 9.08. The van der Waals surface area contributed by atoms with E-state index in [4.69, 9.17) is 4.42 Å². The van der Waals surface area contributed by atoms with Gasteiger partial charge < -0.3 is 19.8 Å². The van der Waals surface area contributed by atoms with Gasteiger partial charge in [-0.2, -0.15) is 5.10 Å². The molecule has 0 amide bonds. The number of rotatable bonds is 3. The Balaban J connectivity index is 1.71. The second-order valence-electron chi connectivity index (χ2n) is 7.86. The molecular weight excluding hydrogens is 366 g/mol. The quantitative estimate of drug-likeness (QED) is 0.662. The molecule has 6 nitrogen and oxygen atoms in total. The van der Waals surface area contributed by atoms with Crippen molar-refractivity contribution < 1.29 is 9.52 Å². The standard InChI is InChI=1S/C23H25N3O3/c1-12-10-19-21(13(2)14(3)23(28)29-19)22(27)20(12)18-11-17(24-25-18)15-6-8-16(9-7-15)26(4)5/h6-10,17,24,27H,11H2,1-5H3. The Morgan fingerprint density at radius 3 is 2.48 bits per heavy atom. The van der Waals surface area contributed by atoms with Crippen LogP contribution in [0.5, 0.6) is 5.75 Å². The number of phenolic OH excluding ortho intramolecular Hbond substituents is 1. The summed E-state index contributed by atoms with van der Waals surface area (Å²) in [6, 6.07) is 10.2. The van der Waals surface area contributed by atoms with Gasteiger partial charge in [0.2, 0.25) is 0 Å². The molecule has 0 saturated carbocycles. The minimum absolute atomic E-state index is 0.0484. The van der Waals surface area contributed by atoms with Crippen molar-refractivity contribution in [2.75, 3.05) is 19.0 Å². The fraction of sp³-hybridized carbons (Fsp3) is 0.304. The fourth-order valence-corrected chi connectivity index (χ4v) is 3.89. The van der Waals surface area contributed by atoms with Gasteiger partial charge in [0.1, 0.15) is 11.3 Å². The number of aromatic hydroxyl groups is 1. The van der Waals surface area contributed by atoms with Gasteiger partial charge in [-0.1, -0.05) is 12.1 Å². The predicted molar refractivity (Wildman–Crippen MR) is 116 cm³/mol. The molecule has 1 aliphatic heterocycles. The second kappa shape index (κ2) is 6.95. The lowest BCUT2D eigenvalue weighted by Crippen LogP contribution is -2.12. The van der Waals surface area contributed by atoms with E-state index in [9.17, 15) is 9.90 Å². The second-order valence-corrected chi connectivity index (χ2v) is 7.86. The average Bonchev–Trinajstić information content (AvgIpc) is 3.15. The normalized spacial score (nSPS) is 16.0. The van der Waals surface area contributed by atoms with E-state index in [0.717, 1.165) is 28.1 Å². The molecule has 0 aliphatic carbocycles. The van der Waals surface area contributed by atoms with E-state index in [1.54, 1.807) is 13.0 Å². The molecule has 0 spiro atoms. The molecule has 2 aromatic carbocycles. The Labute approximate surface area is 169 Å². The highest BCUT2D eigenvalue weighted by Gasteiger charge is 2.26. The third-order valence-corrected chi connectivity index (χ3v) is 5.76. The summed E-state index contributed by atoms with van der Waals surface area (Å²) in [5, 5.41) is 16.2. The number of hydrogen-bond donors (Lipinski definition) is 2. The first-order valence-electron chi connectivity index (χ1n) is 9.64. The van der Waals surface area contributed by atoms with Gasteiger partial charge in [0.05, 0.1) is 17.1 Å². The van der Waals surface area contributed by atoms with Crippen molar-refractivity contribution in [3.8, 4) is 5.75 Å². The van der Waals surface area contributed by atoms with Crippen molar-refractivity contribution in [3.63, 3.8) is 0 Å². The zero-order valence-electron chi connectivity index (χ0n) is 17.3. The summed E-state index contributed by atoms with van der Waals surface area (Å²) in [7, 11) is 4.03. The molecule has 2 N–H and O–H groups in total. The molecule has 1 unspecified atom stereocenters. The summed E-state index contributed by atoms with van der Waals surface area (Å²) in [4.78, 5) is 14.1. The van der Waals surface area contributed by atoms with Gasteiger partial charge in [0.15, 0.2) is 0 Å². The first-order chi connectivity index (χ1) is 13.8. The summed E-state index contributed by atoms with van der Waals surface area (Å²) < 4.78 is 5.40. The maximum absolute atomic E-state index is 12.0. The molecule has 1 aromatic heterocycles. The Kier molecular flexibility index (Phi) is 4.57. The predicted octanol–water partition coefficient (Wildman–Crippen LogP) is 3.93. The summed E-state index contributed by atoms with van der Waals surface area (Å²) >= 11 is 0. The van der Waals surface area contributed by atoms with Gasteiger partial charge in [0.25, 0.3) is 0 Å². The van der Waals surface area contributed by atoms with E-state index >= 15 is 0 Å². The third-order valence-electron chi connectivity index (χ3n) is 5.76. The number of hydrazone groups is 1. The minimum atomic E-state index is -0.373. The summed E-state index contributed by atoms with van der Waals surface area (Å²) in [6.45, 7) is 5.43. The van der Waals surface area contributed by atoms with Crippen LogP contribution in [0.15, 0.2) is 44.6 Å². The highest BCUT2D eigenvalue weighted by atomic mass is 16.4. The molecule has 0 fully saturated rings. The molecule has 0 radical (unpaired) electrons. The number of nitrogens with one attached hydrogen (secondary N) is 1. The number of nitrogens with zero attached hydrogens (tertiary/aromatic N) is 2. The summed E-state index contributed by atoms with van der Waals surface area (Å²) in [6.07, 6.45) is 0.663. The molecule has 0 bridgehead atoms. The highest BCUT2D eigenvalue weighted by Crippen LogP contribution is 2.37. The van der Waals surface area contributed by atoms with Crippen LogP contribution in [0.2, 0.25) is 0 Å². The van der Waals surface area contributed by atoms with Gasteiger partial charge in [-0.15, -0.1) is 0 Å². The molecule has 3 aromatic rings. The number of benzene rings is 2. The molecule has 29 heavy (non-hydrogen) atoms. The molecule has 6 heteroatoms. The molecule has 0 saturated heterocycles. The van der Waals surface area contributed by atoms with Crippen LogP contribution in [0.1, 0.15) is 40.3 Å². The molecule has 2 heterocycles. The zero-order chi connectivity index (χ0) is 20.9. The van der Waals surface area contributed by atoms with Crippen molar-refractivity contribution in [1.82, 2.24) is 5.43 Å². The lowest BCUT2D eigenvalue weighted by Gasteiger charge is -2.16. The maximum atomic E-state index is 12.0. The smallest absolute Gasteiger partial charge is 0.339 e. The number of aryl methyl sites for hydroxylation is 2. The largest absolute Gasteiger partial charge is 0.506 e. The summed E-state index contributed by atoms with van der Waals surface area (Å²) in [5.74, 6) is 0.119. The molecular formula is C23H25N3O3. The molecule has 1 atom stereocenters. The topological polar surface area (TPSA) is 78.1 Å². The average molecular weight is 391 g/mol. The number of anilines is 1. The van der Waals surface area contributed by atoms with E-state index in [0.29, 0.717) is 28.5 Å². The SMILES string of the molecule is Cc1cc2oc(=O)c(C)c(C)c2c(O)c1C1=NNC(c2ccc(N(C)C)cc2)C1. The van der Waals surface area contributed by atoms with E-state index in [-0.39, 0.29) is 17.4 Å². The van der Waals surface area contributed by atoms with Crippen molar-refractivity contribution in [3.05, 3.63) is 68.6 Å². The van der Waals surface area contributed by atoms with Crippen LogP contribution in [0.3, 0.4) is 0 Å². The van der Waals surface area contributed by atoms with Crippen LogP contribution in [-0.2, 0) is 0 Å². The Bertz CT molecular complexity index is 1190. The van der Waals surface area contributed by atoms with Crippen molar-refractivity contribution in [2.24, 2.45) is 5.10 Å². The minimum Gasteiger partial charge on any atom is -0.506 e. The van der Waals surface area contributed by atoms with Crippen molar-refractivity contribution in [1.29, 1.82) is 0 Å². The maximum Gasteiger partial charge on any atom is 0.339 e. The lowest BCUT2D eigenvalue weighted by molar-refractivity contribution is 0.476. The lowest BCUT2D eigenvalue weighted by atomic mass is 9.93. The third kappa shape index (κ3) is 3.14. The Hall–Kier alpha value is -3.28. The van der Waals surface area contributed by atoms with Gasteiger partial charge in [0, 0.05) is 37.3 Å². The monoisotopic (exact) mass is 391 g/mol. The van der Waals surface area contributed by atoms with E-state index < -0.39 is 0 Å². The highest BCUT2D eigenvalue weighted by molar-refractivity contribution is 6.09. The first kappa shape index (κ1) is 19.1. The number of hydrogen-bond acceptors (Lipinski definition) is 6. The van der Waals surface area contributed by atoms with Crippen LogP contribution in [0.25, 0.3) is 11.0 Å². The van der Waals surface area contributed by atoms with Crippen LogP contribution < -0.4 is 16.0 Å².